The highest BCUT2D eigenvalue weighted by Gasteiger charge is 2.40. The summed E-state index contributed by atoms with van der Waals surface area (Å²) in [6, 6.07) is 5.37. The topological polar surface area (TPSA) is 43.4 Å². The highest BCUT2D eigenvalue weighted by atomic mass is 16.5. The van der Waals surface area contributed by atoms with Gasteiger partial charge >= 0.3 is 0 Å². The Balaban J connectivity index is 2.07. The molecule has 0 bridgehead atoms. The molecule has 0 saturated carbocycles. The van der Waals surface area contributed by atoms with Gasteiger partial charge in [-0.1, -0.05) is 25.5 Å². The number of Topliss-reactive ketones (excluding diaryl/α,β-unsaturated/α-hetero) is 2. The molecule has 0 aromatic heterocycles. The quantitative estimate of drug-likeness (QED) is 0.775. The molecule has 1 heterocycles. The SMILES string of the molecule is Cc1ccc2c(c1)C(=O)C1=C(OC(C(C)C)C1)C2=O. The summed E-state index contributed by atoms with van der Waals surface area (Å²) in [6.45, 7) is 5.99. The van der Waals surface area contributed by atoms with Gasteiger partial charge in [-0.05, 0) is 25.0 Å². The molecule has 0 radical (unpaired) electrons. The molecule has 98 valence electrons. The monoisotopic (exact) mass is 256 g/mol. The summed E-state index contributed by atoms with van der Waals surface area (Å²) in [4.78, 5) is 24.9. The van der Waals surface area contributed by atoms with Gasteiger partial charge in [0, 0.05) is 23.1 Å². The van der Waals surface area contributed by atoms with Crippen LogP contribution in [-0.2, 0) is 4.74 Å². The molecule has 0 spiro atoms. The van der Waals surface area contributed by atoms with Gasteiger partial charge in [0.05, 0.1) is 0 Å². The van der Waals surface area contributed by atoms with Gasteiger partial charge in [-0.3, -0.25) is 9.59 Å². The van der Waals surface area contributed by atoms with Crippen LogP contribution in [0.5, 0.6) is 0 Å². The number of benzene rings is 1. The normalized spacial score (nSPS) is 21.6. The summed E-state index contributed by atoms with van der Waals surface area (Å²) in [6.07, 6.45) is 0.485. The highest BCUT2D eigenvalue weighted by Crippen LogP contribution is 2.37. The van der Waals surface area contributed by atoms with E-state index >= 15 is 0 Å². The maximum absolute atomic E-state index is 12.5. The van der Waals surface area contributed by atoms with Crippen molar-refractivity contribution in [2.24, 2.45) is 5.92 Å². The van der Waals surface area contributed by atoms with Crippen LogP contribution in [0.2, 0.25) is 0 Å². The molecular weight excluding hydrogens is 240 g/mol. The first-order valence-electron chi connectivity index (χ1n) is 6.59. The standard InChI is InChI=1S/C16H16O3/c1-8(2)13-7-12-14(17)11-6-9(3)4-5-10(11)15(18)16(12)19-13/h4-6,8,13H,7H2,1-3H3. The number of carbonyl (C=O) groups excluding carboxylic acids is 2. The van der Waals surface area contributed by atoms with Crippen LogP contribution in [0, 0.1) is 12.8 Å². The van der Waals surface area contributed by atoms with Crippen molar-refractivity contribution in [2.75, 3.05) is 0 Å². The van der Waals surface area contributed by atoms with E-state index in [1.54, 1.807) is 12.1 Å². The number of ether oxygens (including phenoxy) is 1. The predicted molar refractivity (Wildman–Crippen MR) is 71.2 cm³/mol. The third-order valence-corrected chi connectivity index (χ3v) is 3.84. The summed E-state index contributed by atoms with van der Waals surface area (Å²) in [5.41, 5.74) is 2.54. The van der Waals surface area contributed by atoms with Crippen molar-refractivity contribution in [3.05, 3.63) is 46.2 Å². The minimum absolute atomic E-state index is 0.0450. The number of allylic oxidation sites excluding steroid dienone is 1. The molecule has 1 atom stereocenters. The lowest BCUT2D eigenvalue weighted by Crippen LogP contribution is -2.20. The van der Waals surface area contributed by atoms with Gasteiger partial charge < -0.3 is 4.74 Å². The van der Waals surface area contributed by atoms with Crippen LogP contribution >= 0.6 is 0 Å². The zero-order valence-electron chi connectivity index (χ0n) is 11.3. The molecular formula is C16H16O3. The Hall–Kier alpha value is -1.90. The molecule has 1 aliphatic carbocycles. The summed E-state index contributed by atoms with van der Waals surface area (Å²) in [5, 5.41) is 0. The second-order valence-electron chi connectivity index (χ2n) is 5.62. The second-order valence-corrected chi connectivity index (χ2v) is 5.62. The van der Waals surface area contributed by atoms with Crippen molar-refractivity contribution in [1.29, 1.82) is 0 Å². The molecule has 0 amide bonds. The fourth-order valence-electron chi connectivity index (χ4n) is 2.65. The van der Waals surface area contributed by atoms with Crippen LogP contribution in [0.1, 0.15) is 46.5 Å². The molecule has 0 fully saturated rings. The van der Waals surface area contributed by atoms with Crippen LogP contribution < -0.4 is 0 Å². The van der Waals surface area contributed by atoms with Gasteiger partial charge in [0.25, 0.3) is 0 Å². The number of carbonyl (C=O) groups is 2. The molecule has 0 N–H and O–H groups in total. The van der Waals surface area contributed by atoms with E-state index in [0.717, 1.165) is 5.56 Å². The van der Waals surface area contributed by atoms with Gasteiger partial charge in [-0.15, -0.1) is 0 Å². The van der Waals surface area contributed by atoms with Gasteiger partial charge in [-0.2, -0.15) is 0 Å². The Kier molecular flexibility index (Phi) is 2.59. The Morgan fingerprint density at radius 3 is 2.58 bits per heavy atom. The van der Waals surface area contributed by atoms with Crippen molar-refractivity contribution in [3.8, 4) is 0 Å². The number of aryl methyl sites for hydroxylation is 1. The van der Waals surface area contributed by atoms with Crippen LogP contribution in [0.15, 0.2) is 29.5 Å². The average Bonchev–Trinajstić information content (AvgIpc) is 2.81. The Bertz CT molecular complexity index is 623. The summed E-state index contributed by atoms with van der Waals surface area (Å²) in [7, 11) is 0. The number of hydrogen-bond acceptors (Lipinski definition) is 3. The summed E-state index contributed by atoms with van der Waals surface area (Å²) < 4.78 is 5.71. The minimum atomic E-state index is -0.146. The minimum Gasteiger partial charge on any atom is -0.485 e. The first-order valence-corrected chi connectivity index (χ1v) is 6.59. The fourth-order valence-corrected chi connectivity index (χ4v) is 2.65. The van der Waals surface area contributed by atoms with Crippen molar-refractivity contribution in [3.63, 3.8) is 0 Å². The highest BCUT2D eigenvalue weighted by molar-refractivity contribution is 6.26. The van der Waals surface area contributed by atoms with Gasteiger partial charge in [0.15, 0.2) is 11.5 Å². The summed E-state index contributed by atoms with van der Waals surface area (Å²) in [5.74, 6) is 0.375. The molecule has 2 aliphatic rings. The maximum atomic E-state index is 12.5. The number of ketones is 2. The van der Waals surface area contributed by atoms with E-state index in [4.69, 9.17) is 4.74 Å². The van der Waals surface area contributed by atoms with Gasteiger partial charge in [0.2, 0.25) is 5.78 Å². The van der Waals surface area contributed by atoms with Crippen molar-refractivity contribution < 1.29 is 14.3 Å². The Morgan fingerprint density at radius 2 is 1.89 bits per heavy atom. The van der Waals surface area contributed by atoms with Crippen LogP contribution in [0.3, 0.4) is 0 Å². The van der Waals surface area contributed by atoms with Crippen molar-refractivity contribution >= 4 is 11.6 Å². The van der Waals surface area contributed by atoms with E-state index in [1.165, 1.54) is 0 Å². The Morgan fingerprint density at radius 1 is 1.16 bits per heavy atom. The van der Waals surface area contributed by atoms with E-state index in [-0.39, 0.29) is 29.3 Å². The maximum Gasteiger partial charge on any atom is 0.228 e. The van der Waals surface area contributed by atoms with E-state index < -0.39 is 0 Å². The van der Waals surface area contributed by atoms with Gasteiger partial charge in [0.1, 0.15) is 6.10 Å². The molecule has 1 aromatic carbocycles. The van der Waals surface area contributed by atoms with Crippen LogP contribution in [0.25, 0.3) is 0 Å². The van der Waals surface area contributed by atoms with Crippen LogP contribution in [-0.4, -0.2) is 17.7 Å². The predicted octanol–water partition coefficient (Wildman–Crippen LogP) is 3.07. The van der Waals surface area contributed by atoms with E-state index in [1.807, 2.05) is 26.8 Å². The van der Waals surface area contributed by atoms with Crippen LogP contribution in [0.4, 0.5) is 0 Å². The van der Waals surface area contributed by atoms with E-state index in [0.29, 0.717) is 23.1 Å². The lowest BCUT2D eigenvalue weighted by molar-refractivity contribution is 0.0741. The molecule has 3 heteroatoms. The van der Waals surface area contributed by atoms with Crippen molar-refractivity contribution in [2.45, 2.75) is 33.3 Å². The number of rotatable bonds is 1. The first-order chi connectivity index (χ1) is 8.99. The largest absolute Gasteiger partial charge is 0.485 e. The molecule has 1 aliphatic heterocycles. The van der Waals surface area contributed by atoms with E-state index in [2.05, 4.69) is 0 Å². The lowest BCUT2D eigenvalue weighted by atomic mass is 9.86. The summed E-state index contributed by atoms with van der Waals surface area (Å²) >= 11 is 0. The molecule has 3 rings (SSSR count). The molecule has 0 saturated heterocycles. The molecule has 19 heavy (non-hydrogen) atoms. The van der Waals surface area contributed by atoms with Crippen molar-refractivity contribution in [1.82, 2.24) is 0 Å². The fraction of sp³-hybridized carbons (Fsp3) is 0.375. The molecule has 1 unspecified atom stereocenters. The molecule has 1 aromatic rings. The zero-order chi connectivity index (χ0) is 13.7. The number of fused-ring (bicyclic) bond motifs is 1. The zero-order valence-corrected chi connectivity index (χ0v) is 11.3. The van der Waals surface area contributed by atoms with Gasteiger partial charge in [-0.25, -0.2) is 0 Å². The average molecular weight is 256 g/mol. The molecule has 3 nitrogen and oxygen atoms in total. The van der Waals surface area contributed by atoms with E-state index in [9.17, 15) is 9.59 Å². The lowest BCUT2D eigenvalue weighted by Gasteiger charge is -2.17. The first kappa shape index (κ1) is 12.2. The number of hydrogen-bond donors (Lipinski definition) is 0. The third-order valence-electron chi connectivity index (χ3n) is 3.84. The third kappa shape index (κ3) is 1.72. The smallest absolute Gasteiger partial charge is 0.228 e. The second kappa shape index (κ2) is 4.05. The Labute approximate surface area is 112 Å².